The van der Waals surface area contributed by atoms with Crippen LogP contribution in [0.3, 0.4) is 0 Å². The summed E-state index contributed by atoms with van der Waals surface area (Å²) in [6.07, 6.45) is 0. The molecule has 0 radical (unpaired) electrons. The molecule has 9 aromatic carbocycles. The molecule has 0 bridgehead atoms. The van der Waals surface area contributed by atoms with Gasteiger partial charge in [-0.1, -0.05) is 188 Å². The van der Waals surface area contributed by atoms with Crippen LogP contribution in [0.2, 0.25) is 0 Å². The zero-order chi connectivity index (χ0) is 44.5. The van der Waals surface area contributed by atoms with E-state index in [0.717, 1.165) is 100 Å². The van der Waals surface area contributed by atoms with E-state index in [4.69, 9.17) is 29.3 Å². The van der Waals surface area contributed by atoms with Crippen LogP contribution in [0.25, 0.3) is 123 Å². The molecule has 12 rings (SSSR count). The van der Waals surface area contributed by atoms with Crippen LogP contribution >= 0.6 is 0 Å². The minimum Gasteiger partial charge on any atom is -0.456 e. The summed E-state index contributed by atoms with van der Waals surface area (Å²) < 4.78 is 6.28. The van der Waals surface area contributed by atoms with Gasteiger partial charge in [-0.3, -0.25) is 0 Å². The lowest BCUT2D eigenvalue weighted by Crippen LogP contribution is -2.00. The van der Waals surface area contributed by atoms with E-state index < -0.39 is 0 Å². The molecule has 0 fully saturated rings. The van der Waals surface area contributed by atoms with Crippen molar-refractivity contribution in [1.82, 2.24) is 24.9 Å². The summed E-state index contributed by atoms with van der Waals surface area (Å²) in [5, 5.41) is 2.15. The fraction of sp³-hybridized carbons (Fsp3) is 0. The molecular formula is C61H39N5O. The van der Waals surface area contributed by atoms with E-state index in [1.54, 1.807) is 0 Å². The average molecular weight is 858 g/mol. The Balaban J connectivity index is 0.947. The molecule has 0 aliphatic rings. The standard InChI is InChI=1S/C61H39N5O/c1-4-16-40(17-5-1)43-22-13-27-48(35-43)59-64-60(49-28-14-23-44(36-49)41-18-6-2-7-19-41)66-61(65-59)50-29-15-25-46(37-50)45-24-12-26-47(34-45)55-39-54(42-20-8-3-9-21-42)62-58(63-55)51-32-33-53-52-30-10-11-31-56(52)67-57(53)38-51/h1-39H. The predicted molar refractivity (Wildman–Crippen MR) is 272 cm³/mol. The number of aromatic nitrogens is 5. The quantitative estimate of drug-likeness (QED) is 0.144. The van der Waals surface area contributed by atoms with E-state index >= 15 is 0 Å². The molecule has 0 saturated carbocycles. The van der Waals surface area contributed by atoms with Crippen LogP contribution in [0.4, 0.5) is 0 Å². The number of nitrogens with zero attached hydrogens (tertiary/aromatic N) is 5. The van der Waals surface area contributed by atoms with Gasteiger partial charge < -0.3 is 4.42 Å². The van der Waals surface area contributed by atoms with Crippen molar-refractivity contribution in [2.24, 2.45) is 0 Å². The molecule has 6 nitrogen and oxygen atoms in total. The summed E-state index contributed by atoms with van der Waals surface area (Å²) >= 11 is 0. The third kappa shape index (κ3) is 7.94. The van der Waals surface area contributed by atoms with Crippen LogP contribution in [-0.4, -0.2) is 24.9 Å². The molecule has 3 heterocycles. The van der Waals surface area contributed by atoms with Crippen LogP contribution < -0.4 is 0 Å². The Morgan fingerprint density at radius 1 is 0.209 bits per heavy atom. The fourth-order valence-electron chi connectivity index (χ4n) is 8.74. The van der Waals surface area contributed by atoms with Gasteiger partial charge in [0, 0.05) is 44.2 Å². The van der Waals surface area contributed by atoms with Crippen molar-refractivity contribution in [1.29, 1.82) is 0 Å². The molecule has 67 heavy (non-hydrogen) atoms. The zero-order valence-electron chi connectivity index (χ0n) is 36.2. The SMILES string of the molecule is c1ccc(-c2cccc(-c3nc(-c4cccc(-c5ccccc5)c4)nc(-c4cccc(-c5cccc(-c6cc(-c7ccccc7)nc(-c7ccc8c(c7)oc7ccccc78)n6)c5)c4)n3)c2)cc1. The van der Waals surface area contributed by atoms with Gasteiger partial charge in [-0.25, -0.2) is 24.9 Å². The van der Waals surface area contributed by atoms with Gasteiger partial charge in [0.05, 0.1) is 11.4 Å². The monoisotopic (exact) mass is 857 g/mol. The lowest BCUT2D eigenvalue weighted by atomic mass is 9.99. The number of hydrogen-bond acceptors (Lipinski definition) is 6. The van der Waals surface area contributed by atoms with Crippen LogP contribution in [0.15, 0.2) is 241 Å². The topological polar surface area (TPSA) is 77.6 Å². The summed E-state index contributed by atoms with van der Waals surface area (Å²) in [4.78, 5) is 25.8. The van der Waals surface area contributed by atoms with Gasteiger partial charge in [0.1, 0.15) is 11.2 Å². The molecule has 0 aliphatic carbocycles. The van der Waals surface area contributed by atoms with E-state index in [2.05, 4.69) is 182 Å². The van der Waals surface area contributed by atoms with Gasteiger partial charge in [-0.05, 0) is 81.9 Å². The molecule has 314 valence electrons. The zero-order valence-corrected chi connectivity index (χ0v) is 36.2. The highest BCUT2D eigenvalue weighted by Gasteiger charge is 2.17. The normalized spacial score (nSPS) is 11.3. The van der Waals surface area contributed by atoms with Crippen molar-refractivity contribution in [2.45, 2.75) is 0 Å². The number of benzene rings is 9. The van der Waals surface area contributed by atoms with Crippen LogP contribution in [0.1, 0.15) is 0 Å². The van der Waals surface area contributed by atoms with Crippen molar-refractivity contribution in [3.05, 3.63) is 237 Å². The van der Waals surface area contributed by atoms with Crippen LogP contribution in [0, 0.1) is 0 Å². The maximum absolute atomic E-state index is 6.28. The lowest BCUT2D eigenvalue weighted by Gasteiger charge is -2.12. The van der Waals surface area contributed by atoms with E-state index in [1.807, 2.05) is 54.6 Å². The first-order valence-corrected chi connectivity index (χ1v) is 22.3. The Morgan fingerprint density at radius 2 is 0.567 bits per heavy atom. The first-order valence-electron chi connectivity index (χ1n) is 22.3. The Hall–Kier alpha value is -9.13. The highest BCUT2D eigenvalue weighted by atomic mass is 16.3. The smallest absolute Gasteiger partial charge is 0.164 e. The predicted octanol–water partition coefficient (Wildman–Crippen LogP) is 15.6. The second-order valence-electron chi connectivity index (χ2n) is 16.5. The highest BCUT2D eigenvalue weighted by molar-refractivity contribution is 6.05. The molecule has 0 saturated heterocycles. The minimum atomic E-state index is 0.586. The van der Waals surface area contributed by atoms with Gasteiger partial charge >= 0.3 is 0 Å². The first kappa shape index (κ1) is 39.5. The molecule has 0 unspecified atom stereocenters. The summed E-state index contributed by atoms with van der Waals surface area (Å²) in [5.74, 6) is 2.41. The lowest BCUT2D eigenvalue weighted by molar-refractivity contribution is 0.669. The minimum absolute atomic E-state index is 0.586. The van der Waals surface area contributed by atoms with Gasteiger partial charge in [0.25, 0.3) is 0 Å². The molecule has 0 spiro atoms. The number of hydrogen-bond donors (Lipinski definition) is 0. The van der Waals surface area contributed by atoms with E-state index in [-0.39, 0.29) is 0 Å². The van der Waals surface area contributed by atoms with Crippen molar-refractivity contribution >= 4 is 21.9 Å². The molecule has 6 heteroatoms. The second kappa shape index (κ2) is 17.1. The van der Waals surface area contributed by atoms with Crippen molar-refractivity contribution in [3.63, 3.8) is 0 Å². The third-order valence-corrected chi connectivity index (χ3v) is 12.1. The molecule has 0 atom stereocenters. The van der Waals surface area contributed by atoms with Gasteiger partial charge in [0.2, 0.25) is 0 Å². The van der Waals surface area contributed by atoms with Crippen LogP contribution in [-0.2, 0) is 0 Å². The van der Waals surface area contributed by atoms with E-state index in [1.165, 1.54) is 0 Å². The summed E-state index contributed by atoms with van der Waals surface area (Å²) in [7, 11) is 0. The number of para-hydroxylation sites is 1. The van der Waals surface area contributed by atoms with Gasteiger partial charge in [-0.15, -0.1) is 0 Å². The molecular weight excluding hydrogens is 819 g/mol. The molecule has 0 aliphatic heterocycles. The van der Waals surface area contributed by atoms with Gasteiger partial charge in [-0.2, -0.15) is 0 Å². The number of rotatable bonds is 9. The number of fused-ring (bicyclic) bond motifs is 3. The molecule has 0 amide bonds. The van der Waals surface area contributed by atoms with Crippen molar-refractivity contribution < 1.29 is 4.42 Å². The van der Waals surface area contributed by atoms with Crippen LogP contribution in [0.5, 0.6) is 0 Å². The fourth-order valence-corrected chi connectivity index (χ4v) is 8.74. The average Bonchev–Trinajstić information content (AvgIpc) is 3.80. The van der Waals surface area contributed by atoms with E-state index in [0.29, 0.717) is 23.3 Å². The first-order chi connectivity index (χ1) is 33.1. The molecule has 12 aromatic rings. The third-order valence-electron chi connectivity index (χ3n) is 12.1. The molecule has 0 N–H and O–H groups in total. The summed E-state index contributed by atoms with van der Waals surface area (Å²) in [6, 6.07) is 81.2. The summed E-state index contributed by atoms with van der Waals surface area (Å²) in [5.41, 5.74) is 15.3. The largest absolute Gasteiger partial charge is 0.456 e. The summed E-state index contributed by atoms with van der Waals surface area (Å²) in [6.45, 7) is 0. The van der Waals surface area contributed by atoms with Crippen molar-refractivity contribution in [2.75, 3.05) is 0 Å². The Morgan fingerprint density at radius 3 is 1.10 bits per heavy atom. The van der Waals surface area contributed by atoms with E-state index in [9.17, 15) is 0 Å². The maximum atomic E-state index is 6.28. The maximum Gasteiger partial charge on any atom is 0.164 e. The number of furan rings is 1. The Labute approximate surface area is 387 Å². The second-order valence-corrected chi connectivity index (χ2v) is 16.5. The van der Waals surface area contributed by atoms with Gasteiger partial charge in [0.15, 0.2) is 23.3 Å². The molecule has 3 aromatic heterocycles. The Kier molecular flexibility index (Phi) is 10.1. The van der Waals surface area contributed by atoms with Crippen molar-refractivity contribution in [3.8, 4) is 101 Å². The highest BCUT2D eigenvalue weighted by Crippen LogP contribution is 2.36. The Bertz CT molecular complexity index is 3650.